The van der Waals surface area contributed by atoms with Crippen LogP contribution in [0.15, 0.2) is 12.1 Å². The zero-order valence-electron chi connectivity index (χ0n) is 13.5. The van der Waals surface area contributed by atoms with Crippen LogP contribution in [0.5, 0.6) is 5.75 Å². The minimum absolute atomic E-state index is 0.0311. The Kier molecular flexibility index (Phi) is 4.44. The number of amides is 1. The van der Waals surface area contributed by atoms with E-state index in [1.807, 2.05) is 39.8 Å². The molecule has 1 unspecified atom stereocenters. The molecule has 5 nitrogen and oxygen atoms in total. The minimum Gasteiger partial charge on any atom is -0.492 e. The first-order valence-electron chi connectivity index (χ1n) is 7.47. The van der Waals surface area contributed by atoms with Gasteiger partial charge in [0.2, 0.25) is 5.91 Å². The van der Waals surface area contributed by atoms with Crippen molar-refractivity contribution in [3.05, 3.63) is 28.8 Å². The molecule has 2 rings (SSSR count). The van der Waals surface area contributed by atoms with Crippen molar-refractivity contribution in [3.8, 4) is 5.75 Å². The Morgan fingerprint density at radius 1 is 1.32 bits per heavy atom. The van der Waals surface area contributed by atoms with Crippen molar-refractivity contribution in [2.75, 3.05) is 6.61 Å². The fraction of sp³-hybridized carbons (Fsp3) is 0.529. The van der Waals surface area contributed by atoms with Crippen molar-refractivity contribution in [2.45, 2.75) is 52.0 Å². The SMILES string of the molecule is Cc1cc2c(cc1C)C(C(=O)NC(C)(C)CCC(=O)O)CO2. The van der Waals surface area contributed by atoms with Crippen LogP contribution in [0.3, 0.4) is 0 Å². The number of hydrogen-bond donors (Lipinski definition) is 2. The van der Waals surface area contributed by atoms with Gasteiger partial charge in [0.25, 0.3) is 0 Å². The number of carboxylic acid groups (broad SMARTS) is 1. The topological polar surface area (TPSA) is 75.6 Å². The number of nitrogens with one attached hydrogen (secondary N) is 1. The van der Waals surface area contributed by atoms with E-state index in [1.54, 1.807) is 0 Å². The van der Waals surface area contributed by atoms with E-state index in [4.69, 9.17) is 9.84 Å². The van der Waals surface area contributed by atoms with Crippen LogP contribution in [0.1, 0.15) is 49.3 Å². The summed E-state index contributed by atoms with van der Waals surface area (Å²) in [6.07, 6.45) is 0.421. The lowest BCUT2D eigenvalue weighted by Gasteiger charge is -2.27. The summed E-state index contributed by atoms with van der Waals surface area (Å²) < 4.78 is 5.63. The highest BCUT2D eigenvalue weighted by Crippen LogP contribution is 2.36. The highest BCUT2D eigenvalue weighted by molar-refractivity contribution is 5.86. The Hall–Kier alpha value is -2.04. The van der Waals surface area contributed by atoms with E-state index >= 15 is 0 Å². The van der Waals surface area contributed by atoms with Crippen LogP contribution in [0.25, 0.3) is 0 Å². The number of benzene rings is 1. The molecule has 1 aliphatic heterocycles. The van der Waals surface area contributed by atoms with Gasteiger partial charge in [-0.05, 0) is 51.3 Å². The first-order valence-corrected chi connectivity index (χ1v) is 7.47. The predicted octanol–water partition coefficient (Wildman–Crippen LogP) is 2.54. The normalized spacial score (nSPS) is 16.8. The highest BCUT2D eigenvalue weighted by atomic mass is 16.5. The van der Waals surface area contributed by atoms with Crippen LogP contribution in [0, 0.1) is 13.8 Å². The number of carboxylic acids is 1. The summed E-state index contributed by atoms with van der Waals surface area (Å²) in [5, 5.41) is 11.7. The molecule has 1 heterocycles. The molecule has 5 heteroatoms. The molecule has 0 aliphatic carbocycles. The third-order valence-electron chi connectivity index (χ3n) is 4.15. The number of ether oxygens (including phenoxy) is 1. The number of hydrogen-bond acceptors (Lipinski definition) is 3. The van der Waals surface area contributed by atoms with E-state index in [0.29, 0.717) is 13.0 Å². The molecule has 0 saturated heterocycles. The van der Waals surface area contributed by atoms with E-state index in [2.05, 4.69) is 5.32 Å². The van der Waals surface area contributed by atoms with Crippen LogP contribution in [-0.2, 0) is 9.59 Å². The van der Waals surface area contributed by atoms with Gasteiger partial charge in [-0.1, -0.05) is 6.07 Å². The summed E-state index contributed by atoms with van der Waals surface area (Å²) in [6, 6.07) is 3.97. The summed E-state index contributed by atoms with van der Waals surface area (Å²) in [6.45, 7) is 8.04. The van der Waals surface area contributed by atoms with Gasteiger partial charge >= 0.3 is 5.97 Å². The van der Waals surface area contributed by atoms with E-state index in [9.17, 15) is 9.59 Å². The van der Waals surface area contributed by atoms with Crippen LogP contribution < -0.4 is 10.1 Å². The average molecular weight is 305 g/mol. The Morgan fingerprint density at radius 3 is 2.59 bits per heavy atom. The standard InChI is InChI=1S/C17H23NO4/c1-10-7-12-13(9-22-14(12)8-11(10)2)16(21)18-17(3,4)6-5-15(19)20/h7-8,13H,5-6,9H2,1-4H3,(H,18,21)(H,19,20). The fourth-order valence-corrected chi connectivity index (χ4v) is 2.59. The molecule has 1 amide bonds. The van der Waals surface area contributed by atoms with E-state index in [0.717, 1.165) is 22.4 Å². The van der Waals surface area contributed by atoms with Gasteiger partial charge in [-0.3, -0.25) is 9.59 Å². The zero-order valence-corrected chi connectivity index (χ0v) is 13.5. The lowest BCUT2D eigenvalue weighted by Crippen LogP contribution is -2.46. The van der Waals surface area contributed by atoms with Gasteiger partial charge in [0.05, 0.1) is 0 Å². The number of fused-ring (bicyclic) bond motifs is 1. The highest BCUT2D eigenvalue weighted by Gasteiger charge is 2.33. The summed E-state index contributed by atoms with van der Waals surface area (Å²) in [5.41, 5.74) is 2.63. The molecule has 1 aromatic rings. The smallest absolute Gasteiger partial charge is 0.303 e. The van der Waals surface area contributed by atoms with Gasteiger partial charge in [-0.25, -0.2) is 0 Å². The van der Waals surface area contributed by atoms with E-state index in [-0.39, 0.29) is 18.2 Å². The quantitative estimate of drug-likeness (QED) is 0.876. The zero-order chi connectivity index (χ0) is 16.5. The molecular weight excluding hydrogens is 282 g/mol. The lowest BCUT2D eigenvalue weighted by atomic mass is 9.93. The molecule has 0 fully saturated rings. The number of aliphatic carboxylic acids is 1. The summed E-state index contributed by atoms with van der Waals surface area (Å²) >= 11 is 0. The monoisotopic (exact) mass is 305 g/mol. The van der Waals surface area contributed by atoms with Crippen molar-refractivity contribution >= 4 is 11.9 Å². The summed E-state index contributed by atoms with van der Waals surface area (Å²) in [7, 11) is 0. The minimum atomic E-state index is -0.858. The van der Waals surface area contributed by atoms with Crippen LogP contribution >= 0.6 is 0 Å². The number of rotatable bonds is 5. The first kappa shape index (κ1) is 16.3. The average Bonchev–Trinajstić information content (AvgIpc) is 2.79. The van der Waals surface area contributed by atoms with Gasteiger partial charge in [-0.15, -0.1) is 0 Å². The van der Waals surface area contributed by atoms with Gasteiger partial charge in [0.1, 0.15) is 18.3 Å². The van der Waals surface area contributed by atoms with Gasteiger partial charge in [0.15, 0.2) is 0 Å². The number of carbonyl (C=O) groups is 2. The Morgan fingerprint density at radius 2 is 1.95 bits per heavy atom. The fourth-order valence-electron chi connectivity index (χ4n) is 2.59. The van der Waals surface area contributed by atoms with Crippen molar-refractivity contribution in [2.24, 2.45) is 0 Å². The summed E-state index contributed by atoms with van der Waals surface area (Å²) in [4.78, 5) is 23.2. The second kappa shape index (κ2) is 5.99. The molecule has 22 heavy (non-hydrogen) atoms. The van der Waals surface area contributed by atoms with Crippen LogP contribution in [-0.4, -0.2) is 29.1 Å². The van der Waals surface area contributed by atoms with E-state index in [1.165, 1.54) is 0 Å². The number of carbonyl (C=O) groups excluding carboxylic acids is 1. The van der Waals surface area contributed by atoms with Gasteiger partial charge in [0, 0.05) is 17.5 Å². The molecular formula is C17H23NO4. The molecule has 0 bridgehead atoms. The van der Waals surface area contributed by atoms with Crippen LogP contribution in [0.4, 0.5) is 0 Å². The molecule has 2 N–H and O–H groups in total. The second-order valence-electron chi connectivity index (χ2n) is 6.60. The number of aryl methyl sites for hydroxylation is 2. The molecule has 1 aliphatic rings. The van der Waals surface area contributed by atoms with Crippen molar-refractivity contribution in [1.29, 1.82) is 0 Å². The molecule has 1 atom stereocenters. The molecule has 0 saturated carbocycles. The molecule has 0 radical (unpaired) electrons. The third-order valence-corrected chi connectivity index (χ3v) is 4.15. The first-order chi connectivity index (χ1) is 10.2. The van der Waals surface area contributed by atoms with Crippen LogP contribution in [0.2, 0.25) is 0 Å². The van der Waals surface area contributed by atoms with Gasteiger partial charge in [-0.2, -0.15) is 0 Å². The van der Waals surface area contributed by atoms with Crippen molar-refractivity contribution in [1.82, 2.24) is 5.32 Å². The lowest BCUT2D eigenvalue weighted by molar-refractivity contribution is -0.138. The van der Waals surface area contributed by atoms with Crippen molar-refractivity contribution < 1.29 is 19.4 Å². The van der Waals surface area contributed by atoms with E-state index < -0.39 is 11.5 Å². The maximum atomic E-state index is 12.5. The molecule has 0 spiro atoms. The third kappa shape index (κ3) is 3.59. The molecule has 120 valence electrons. The Labute approximate surface area is 130 Å². The second-order valence-corrected chi connectivity index (χ2v) is 6.60. The van der Waals surface area contributed by atoms with Gasteiger partial charge < -0.3 is 15.2 Å². The Bertz CT molecular complexity index is 607. The molecule has 1 aromatic carbocycles. The maximum absolute atomic E-state index is 12.5. The largest absolute Gasteiger partial charge is 0.492 e. The van der Waals surface area contributed by atoms with Crippen molar-refractivity contribution in [3.63, 3.8) is 0 Å². The maximum Gasteiger partial charge on any atom is 0.303 e. The Balaban J connectivity index is 2.10. The molecule has 0 aromatic heterocycles. The predicted molar refractivity (Wildman–Crippen MR) is 83.2 cm³/mol. The summed E-state index contributed by atoms with van der Waals surface area (Å²) in [5.74, 6) is -0.537.